The van der Waals surface area contributed by atoms with Crippen LogP contribution in [0.15, 0.2) is 30.5 Å². The van der Waals surface area contributed by atoms with Crippen molar-refractivity contribution >= 4 is 23.2 Å². The second-order valence-corrected chi connectivity index (χ2v) is 4.26. The lowest BCUT2D eigenvalue weighted by molar-refractivity contribution is -0.114. The van der Waals surface area contributed by atoms with Gasteiger partial charge in [0.2, 0.25) is 11.2 Å². The Kier molecular flexibility index (Phi) is 3.58. The molecule has 2 aromatic rings. The molecule has 0 aliphatic rings. The van der Waals surface area contributed by atoms with E-state index < -0.39 is 0 Å². The Labute approximate surface area is 110 Å². The van der Waals surface area contributed by atoms with Crippen molar-refractivity contribution in [3.05, 3.63) is 41.3 Å². The molecule has 0 radical (unpaired) electrons. The van der Waals surface area contributed by atoms with E-state index in [2.05, 4.69) is 15.3 Å². The van der Waals surface area contributed by atoms with Gasteiger partial charge in [-0.2, -0.15) is 0 Å². The maximum absolute atomic E-state index is 11.0. The van der Waals surface area contributed by atoms with Gasteiger partial charge in [-0.3, -0.25) is 4.79 Å². The SMILES string of the molecule is CC(=O)Nc1ccc(-c2ccnc(Cl)n2)c(C)c1. The summed E-state index contributed by atoms with van der Waals surface area (Å²) < 4.78 is 0. The fourth-order valence-corrected chi connectivity index (χ4v) is 1.86. The molecule has 92 valence electrons. The normalized spacial score (nSPS) is 10.2. The van der Waals surface area contributed by atoms with E-state index in [1.807, 2.05) is 25.1 Å². The van der Waals surface area contributed by atoms with Crippen molar-refractivity contribution in [2.75, 3.05) is 5.32 Å². The lowest BCUT2D eigenvalue weighted by Crippen LogP contribution is -2.05. The topological polar surface area (TPSA) is 54.9 Å². The van der Waals surface area contributed by atoms with E-state index in [9.17, 15) is 4.79 Å². The van der Waals surface area contributed by atoms with Gasteiger partial charge in [0.05, 0.1) is 5.69 Å². The van der Waals surface area contributed by atoms with Gasteiger partial charge in [-0.05, 0) is 42.3 Å². The molecule has 1 aromatic carbocycles. The van der Waals surface area contributed by atoms with Crippen molar-refractivity contribution in [3.8, 4) is 11.3 Å². The average molecular weight is 262 g/mol. The van der Waals surface area contributed by atoms with E-state index >= 15 is 0 Å². The van der Waals surface area contributed by atoms with Crippen LogP contribution >= 0.6 is 11.6 Å². The summed E-state index contributed by atoms with van der Waals surface area (Å²) in [5, 5.41) is 2.96. The Morgan fingerprint density at radius 3 is 2.72 bits per heavy atom. The highest BCUT2D eigenvalue weighted by Gasteiger charge is 2.06. The van der Waals surface area contributed by atoms with Crippen molar-refractivity contribution in [2.45, 2.75) is 13.8 Å². The van der Waals surface area contributed by atoms with Gasteiger partial charge in [0.1, 0.15) is 0 Å². The highest BCUT2D eigenvalue weighted by Crippen LogP contribution is 2.24. The molecule has 1 amide bonds. The Hall–Kier alpha value is -1.94. The number of aromatic nitrogens is 2. The zero-order chi connectivity index (χ0) is 13.1. The van der Waals surface area contributed by atoms with Gasteiger partial charge in [-0.15, -0.1) is 0 Å². The quantitative estimate of drug-likeness (QED) is 0.846. The summed E-state index contributed by atoms with van der Waals surface area (Å²) in [6.45, 7) is 3.43. The number of halogens is 1. The van der Waals surface area contributed by atoms with E-state index in [1.165, 1.54) is 6.92 Å². The molecule has 0 fully saturated rings. The molecule has 2 rings (SSSR count). The number of carbonyl (C=O) groups is 1. The number of amides is 1. The number of hydrogen-bond donors (Lipinski definition) is 1. The molecular formula is C13H12ClN3O. The van der Waals surface area contributed by atoms with Gasteiger partial charge in [-0.1, -0.05) is 6.07 Å². The first-order chi connectivity index (χ1) is 8.56. The standard InChI is InChI=1S/C13H12ClN3O/c1-8-7-10(16-9(2)18)3-4-11(8)12-5-6-15-13(14)17-12/h3-7H,1-2H3,(H,16,18). The minimum atomic E-state index is -0.0905. The molecule has 0 aliphatic heterocycles. The van der Waals surface area contributed by atoms with Crippen molar-refractivity contribution in [3.63, 3.8) is 0 Å². The Balaban J connectivity index is 2.38. The summed E-state index contributed by atoms with van der Waals surface area (Å²) in [4.78, 5) is 19.0. The number of benzene rings is 1. The first kappa shape index (κ1) is 12.5. The largest absolute Gasteiger partial charge is 0.326 e. The number of hydrogen-bond acceptors (Lipinski definition) is 3. The van der Waals surface area contributed by atoms with Crippen LogP contribution < -0.4 is 5.32 Å². The predicted molar refractivity (Wildman–Crippen MR) is 71.5 cm³/mol. The fraction of sp³-hybridized carbons (Fsp3) is 0.154. The summed E-state index contributed by atoms with van der Waals surface area (Å²) in [5.41, 5.74) is 3.51. The predicted octanol–water partition coefficient (Wildman–Crippen LogP) is 3.06. The van der Waals surface area contributed by atoms with E-state index in [4.69, 9.17) is 11.6 Å². The molecule has 1 heterocycles. The zero-order valence-electron chi connectivity index (χ0n) is 10.1. The number of nitrogens with zero attached hydrogens (tertiary/aromatic N) is 2. The molecule has 0 atom stereocenters. The maximum atomic E-state index is 11.0. The van der Waals surface area contributed by atoms with Crippen LogP contribution in [0.2, 0.25) is 5.28 Å². The lowest BCUT2D eigenvalue weighted by atomic mass is 10.0. The molecule has 0 saturated heterocycles. The molecule has 1 N–H and O–H groups in total. The van der Waals surface area contributed by atoms with Crippen molar-refractivity contribution in [1.29, 1.82) is 0 Å². The van der Waals surface area contributed by atoms with Crippen LogP contribution in [0.5, 0.6) is 0 Å². The molecule has 0 unspecified atom stereocenters. The third-order valence-corrected chi connectivity index (χ3v) is 2.63. The Morgan fingerprint density at radius 2 is 2.11 bits per heavy atom. The highest BCUT2D eigenvalue weighted by molar-refractivity contribution is 6.28. The number of nitrogens with one attached hydrogen (secondary N) is 1. The Morgan fingerprint density at radius 1 is 1.33 bits per heavy atom. The van der Waals surface area contributed by atoms with E-state index in [0.717, 1.165) is 22.5 Å². The van der Waals surface area contributed by atoms with E-state index in [0.29, 0.717) is 0 Å². The summed E-state index contributed by atoms with van der Waals surface area (Å²) in [7, 11) is 0. The van der Waals surface area contributed by atoms with Crippen LogP contribution in [0, 0.1) is 6.92 Å². The number of carbonyl (C=O) groups excluding carboxylic acids is 1. The van der Waals surface area contributed by atoms with Crippen LogP contribution in [0.25, 0.3) is 11.3 Å². The lowest BCUT2D eigenvalue weighted by Gasteiger charge is -2.08. The van der Waals surface area contributed by atoms with Gasteiger partial charge in [0, 0.05) is 24.4 Å². The second-order valence-electron chi connectivity index (χ2n) is 3.92. The summed E-state index contributed by atoms with van der Waals surface area (Å²) in [5.74, 6) is -0.0905. The second kappa shape index (κ2) is 5.14. The third-order valence-electron chi connectivity index (χ3n) is 2.45. The van der Waals surface area contributed by atoms with E-state index in [-0.39, 0.29) is 11.2 Å². The molecule has 0 spiro atoms. The maximum Gasteiger partial charge on any atom is 0.222 e. The first-order valence-electron chi connectivity index (χ1n) is 5.43. The molecule has 0 bridgehead atoms. The fourth-order valence-electron chi connectivity index (χ4n) is 1.72. The molecule has 18 heavy (non-hydrogen) atoms. The molecule has 1 aromatic heterocycles. The third kappa shape index (κ3) is 2.84. The number of aryl methyl sites for hydroxylation is 1. The molecule has 0 saturated carbocycles. The smallest absolute Gasteiger partial charge is 0.222 e. The summed E-state index contributed by atoms with van der Waals surface area (Å²) >= 11 is 5.77. The van der Waals surface area contributed by atoms with Crippen LogP contribution in [0.3, 0.4) is 0 Å². The minimum absolute atomic E-state index is 0.0905. The van der Waals surface area contributed by atoms with Gasteiger partial charge in [0.25, 0.3) is 0 Å². The van der Waals surface area contributed by atoms with Crippen LogP contribution in [-0.2, 0) is 4.79 Å². The van der Waals surface area contributed by atoms with Crippen molar-refractivity contribution < 1.29 is 4.79 Å². The van der Waals surface area contributed by atoms with Gasteiger partial charge >= 0.3 is 0 Å². The van der Waals surface area contributed by atoms with Crippen LogP contribution in [0.1, 0.15) is 12.5 Å². The van der Waals surface area contributed by atoms with Crippen LogP contribution in [0.4, 0.5) is 5.69 Å². The number of rotatable bonds is 2. The zero-order valence-corrected chi connectivity index (χ0v) is 10.8. The van der Waals surface area contributed by atoms with Crippen molar-refractivity contribution in [2.24, 2.45) is 0 Å². The monoisotopic (exact) mass is 261 g/mol. The molecule has 4 nitrogen and oxygen atoms in total. The van der Waals surface area contributed by atoms with Gasteiger partial charge in [0.15, 0.2) is 0 Å². The highest BCUT2D eigenvalue weighted by atomic mass is 35.5. The number of anilines is 1. The summed E-state index contributed by atoms with van der Waals surface area (Å²) in [6.07, 6.45) is 1.62. The van der Waals surface area contributed by atoms with Gasteiger partial charge < -0.3 is 5.32 Å². The molecule has 0 aliphatic carbocycles. The molecule has 5 heteroatoms. The first-order valence-corrected chi connectivity index (χ1v) is 5.81. The van der Waals surface area contributed by atoms with E-state index in [1.54, 1.807) is 12.3 Å². The van der Waals surface area contributed by atoms with Crippen LogP contribution in [-0.4, -0.2) is 15.9 Å². The van der Waals surface area contributed by atoms with Gasteiger partial charge in [-0.25, -0.2) is 9.97 Å². The molecular weight excluding hydrogens is 250 g/mol. The summed E-state index contributed by atoms with van der Waals surface area (Å²) in [6, 6.07) is 7.43. The average Bonchev–Trinajstić information content (AvgIpc) is 2.28. The minimum Gasteiger partial charge on any atom is -0.326 e. The Bertz CT molecular complexity index is 599. The van der Waals surface area contributed by atoms with Crippen molar-refractivity contribution in [1.82, 2.24) is 9.97 Å².